The van der Waals surface area contributed by atoms with E-state index in [1.54, 1.807) is 30.3 Å². The second kappa shape index (κ2) is 7.78. The van der Waals surface area contributed by atoms with Gasteiger partial charge < -0.3 is 4.74 Å². The maximum absolute atomic E-state index is 13.1. The van der Waals surface area contributed by atoms with Gasteiger partial charge >= 0.3 is 6.09 Å². The van der Waals surface area contributed by atoms with E-state index in [0.717, 1.165) is 16.0 Å². The second-order valence-corrected chi connectivity index (χ2v) is 9.36. The number of hydrogen-bond acceptors (Lipinski definition) is 5. The van der Waals surface area contributed by atoms with Gasteiger partial charge in [-0.25, -0.2) is 18.1 Å². The number of rotatable bonds is 4. The summed E-state index contributed by atoms with van der Waals surface area (Å²) in [5, 5.41) is 0.612. The van der Waals surface area contributed by atoms with Gasteiger partial charge in [0, 0.05) is 24.2 Å². The third kappa shape index (κ3) is 3.88. The summed E-state index contributed by atoms with van der Waals surface area (Å²) in [6.45, 7) is 0.222. The van der Waals surface area contributed by atoms with Gasteiger partial charge in [0.05, 0.1) is 4.90 Å². The largest absolute Gasteiger partial charge is 0.439 e. The number of ether oxygens (including phenoxy) is 1. The monoisotopic (exact) mass is 434 g/mol. The first-order valence-electron chi connectivity index (χ1n) is 9.21. The van der Waals surface area contributed by atoms with E-state index in [9.17, 15) is 18.0 Å². The molecule has 0 unspecified atom stereocenters. The lowest BCUT2D eigenvalue weighted by atomic mass is 10.1. The molecule has 0 spiro atoms. The second-order valence-electron chi connectivity index (χ2n) is 6.99. The Morgan fingerprint density at radius 3 is 2.28 bits per heavy atom. The molecule has 2 amide bonds. The molecule has 0 aromatic heterocycles. The van der Waals surface area contributed by atoms with E-state index in [-0.39, 0.29) is 36.5 Å². The highest BCUT2D eigenvalue weighted by Crippen LogP contribution is 2.28. The normalized spacial score (nSPS) is 18.9. The van der Waals surface area contributed by atoms with Crippen molar-refractivity contribution in [2.24, 2.45) is 0 Å². The van der Waals surface area contributed by atoms with Crippen molar-refractivity contribution in [2.75, 3.05) is 19.7 Å². The quantitative estimate of drug-likeness (QED) is 0.738. The van der Waals surface area contributed by atoms with E-state index in [0.29, 0.717) is 17.9 Å². The number of amides is 2. The third-order valence-corrected chi connectivity index (χ3v) is 7.37. The van der Waals surface area contributed by atoms with E-state index in [2.05, 4.69) is 0 Å². The number of benzene rings is 2. The van der Waals surface area contributed by atoms with Crippen LogP contribution in [0.4, 0.5) is 4.79 Å². The zero-order valence-electron chi connectivity index (χ0n) is 15.5. The molecule has 0 bridgehead atoms. The number of sulfonamides is 1. The summed E-state index contributed by atoms with van der Waals surface area (Å²) in [5.41, 5.74) is 1.65. The predicted octanol–water partition coefficient (Wildman–Crippen LogP) is 3.14. The van der Waals surface area contributed by atoms with Gasteiger partial charge in [0.1, 0.15) is 0 Å². The average Bonchev–Trinajstić information content (AvgIpc) is 3.07. The van der Waals surface area contributed by atoms with Crippen LogP contribution in [0.5, 0.6) is 0 Å². The molecule has 0 radical (unpaired) electrons. The van der Waals surface area contributed by atoms with Crippen molar-refractivity contribution in [1.82, 2.24) is 9.21 Å². The van der Waals surface area contributed by atoms with Crippen molar-refractivity contribution < 1.29 is 22.7 Å². The maximum atomic E-state index is 13.1. The molecule has 2 aliphatic rings. The van der Waals surface area contributed by atoms with Crippen molar-refractivity contribution in [3.05, 3.63) is 53.6 Å². The molecule has 7 nitrogen and oxygen atoms in total. The van der Waals surface area contributed by atoms with Gasteiger partial charge in [0.2, 0.25) is 10.0 Å². The van der Waals surface area contributed by atoms with Crippen LogP contribution in [0.25, 0.3) is 11.1 Å². The predicted molar refractivity (Wildman–Crippen MR) is 107 cm³/mol. The Bertz CT molecular complexity index is 1030. The first-order valence-corrected chi connectivity index (χ1v) is 11.0. The number of imide groups is 1. The summed E-state index contributed by atoms with van der Waals surface area (Å²) in [6.07, 6.45) is 0.125. The molecule has 9 heteroatoms. The number of hydrogen-bond donors (Lipinski definition) is 0. The molecule has 0 atom stereocenters. The highest BCUT2D eigenvalue weighted by Gasteiger charge is 2.40. The number of carbonyl (C=O) groups excluding carboxylic acids is 2. The number of cyclic esters (lactones) is 1. The zero-order chi connectivity index (χ0) is 20.6. The Balaban J connectivity index is 1.51. The number of carbonyl (C=O) groups is 2. The summed E-state index contributed by atoms with van der Waals surface area (Å²) < 4.78 is 32.4. The maximum Gasteiger partial charge on any atom is 0.417 e. The first-order chi connectivity index (χ1) is 13.9. The van der Waals surface area contributed by atoms with E-state index in [4.69, 9.17) is 16.3 Å². The van der Waals surface area contributed by atoms with Crippen LogP contribution >= 0.6 is 11.6 Å². The van der Waals surface area contributed by atoms with Gasteiger partial charge in [0.25, 0.3) is 5.91 Å². The topological polar surface area (TPSA) is 84.0 Å². The van der Waals surface area contributed by atoms with E-state index in [1.165, 1.54) is 4.31 Å². The lowest BCUT2D eigenvalue weighted by Crippen LogP contribution is -2.48. The lowest BCUT2D eigenvalue weighted by Gasteiger charge is -2.34. The molecule has 2 fully saturated rings. The lowest BCUT2D eigenvalue weighted by molar-refractivity contribution is -0.127. The summed E-state index contributed by atoms with van der Waals surface area (Å²) >= 11 is 5.93. The molecule has 29 heavy (non-hydrogen) atoms. The van der Waals surface area contributed by atoms with Crippen LogP contribution in [0.1, 0.15) is 12.8 Å². The van der Waals surface area contributed by atoms with Crippen LogP contribution < -0.4 is 0 Å². The fourth-order valence-corrected chi connectivity index (χ4v) is 5.33. The highest BCUT2D eigenvalue weighted by atomic mass is 35.5. The molecule has 2 aliphatic heterocycles. The summed E-state index contributed by atoms with van der Waals surface area (Å²) in [5.74, 6) is -0.369. The minimum absolute atomic E-state index is 0.208. The van der Waals surface area contributed by atoms with Gasteiger partial charge in [-0.05, 0) is 48.2 Å². The highest BCUT2D eigenvalue weighted by molar-refractivity contribution is 7.89. The molecule has 0 aliphatic carbocycles. The van der Waals surface area contributed by atoms with Crippen LogP contribution in [0.2, 0.25) is 5.02 Å². The summed E-state index contributed by atoms with van der Waals surface area (Å²) in [6, 6.07) is 13.6. The number of piperidine rings is 1. The van der Waals surface area contributed by atoms with Crippen LogP contribution in [0, 0.1) is 0 Å². The summed E-state index contributed by atoms with van der Waals surface area (Å²) in [7, 11) is -3.69. The smallest absolute Gasteiger partial charge is 0.417 e. The van der Waals surface area contributed by atoms with Crippen molar-refractivity contribution in [3.8, 4) is 11.1 Å². The van der Waals surface area contributed by atoms with Gasteiger partial charge in [0.15, 0.2) is 6.61 Å². The van der Waals surface area contributed by atoms with Gasteiger partial charge in [-0.3, -0.25) is 4.79 Å². The molecule has 4 rings (SSSR count). The SMILES string of the molecule is O=C1COC(=O)N1C1CCN(S(=O)(=O)c2cccc(-c3ccc(Cl)cc3)c2)CC1. The minimum atomic E-state index is -3.69. The van der Waals surface area contributed by atoms with E-state index < -0.39 is 16.1 Å². The molecule has 2 aromatic carbocycles. The molecule has 2 aromatic rings. The van der Waals surface area contributed by atoms with Crippen LogP contribution in [0.15, 0.2) is 53.4 Å². The summed E-state index contributed by atoms with van der Waals surface area (Å²) in [4.78, 5) is 24.9. The molecular formula is C20H19ClN2O5S. The van der Waals surface area contributed by atoms with Gasteiger partial charge in [-0.2, -0.15) is 4.31 Å². The standard InChI is InChI=1S/C20H19ClN2O5S/c21-16-6-4-14(5-7-16)15-2-1-3-18(12-15)29(26,27)22-10-8-17(9-11-22)23-19(24)13-28-20(23)25/h1-7,12,17H,8-11,13H2. The fourth-order valence-electron chi connectivity index (χ4n) is 3.69. The van der Waals surface area contributed by atoms with Crippen molar-refractivity contribution in [2.45, 2.75) is 23.8 Å². The number of nitrogens with zero attached hydrogens (tertiary/aromatic N) is 2. The Kier molecular flexibility index (Phi) is 5.33. The number of halogens is 1. The van der Waals surface area contributed by atoms with Gasteiger partial charge in [-0.1, -0.05) is 35.9 Å². The van der Waals surface area contributed by atoms with Crippen molar-refractivity contribution in [3.63, 3.8) is 0 Å². The first kappa shape index (κ1) is 19.9. The zero-order valence-corrected chi connectivity index (χ0v) is 17.0. The van der Waals surface area contributed by atoms with Crippen molar-refractivity contribution >= 4 is 33.6 Å². The van der Waals surface area contributed by atoms with Crippen LogP contribution in [-0.2, 0) is 19.6 Å². The molecule has 0 saturated carbocycles. The van der Waals surface area contributed by atoms with Gasteiger partial charge in [-0.15, -0.1) is 0 Å². The fraction of sp³-hybridized carbons (Fsp3) is 0.300. The Labute approximate surface area is 173 Å². The Morgan fingerprint density at radius 1 is 0.966 bits per heavy atom. The Morgan fingerprint density at radius 2 is 1.66 bits per heavy atom. The average molecular weight is 435 g/mol. The molecule has 2 saturated heterocycles. The third-order valence-electron chi connectivity index (χ3n) is 5.22. The Hall–Kier alpha value is -2.42. The van der Waals surface area contributed by atoms with Crippen molar-refractivity contribution in [1.29, 1.82) is 0 Å². The van der Waals surface area contributed by atoms with Crippen LogP contribution in [-0.4, -0.2) is 55.4 Å². The molecule has 0 N–H and O–H groups in total. The minimum Gasteiger partial charge on any atom is -0.439 e. The van der Waals surface area contributed by atoms with Crippen LogP contribution in [0.3, 0.4) is 0 Å². The molecule has 2 heterocycles. The molecule has 152 valence electrons. The van der Waals surface area contributed by atoms with E-state index in [1.807, 2.05) is 18.2 Å². The molecular weight excluding hydrogens is 416 g/mol. The van der Waals surface area contributed by atoms with E-state index >= 15 is 0 Å².